The number of urea groups is 1. The lowest BCUT2D eigenvalue weighted by molar-refractivity contribution is -0.130. The molecule has 1 aromatic rings. The first-order valence-corrected chi connectivity index (χ1v) is 6.70. The zero-order valence-electron chi connectivity index (χ0n) is 10.1. The lowest BCUT2D eigenvalue weighted by Gasteiger charge is -2.16. The molecule has 0 bridgehead atoms. The fourth-order valence-electron chi connectivity index (χ4n) is 1.40. The summed E-state index contributed by atoms with van der Waals surface area (Å²) in [5, 5.41) is 2.45. The lowest BCUT2D eigenvalue weighted by Crippen LogP contribution is -2.31. The summed E-state index contributed by atoms with van der Waals surface area (Å²) in [7, 11) is 1.75. The first-order valence-electron chi connectivity index (χ1n) is 5.50. The Kier molecular flexibility index (Phi) is 5.94. The molecule has 0 aromatic carbocycles. The number of nitrogens with two attached hydrogens (primary N) is 1. The van der Waals surface area contributed by atoms with Crippen molar-refractivity contribution in [3.8, 4) is 0 Å². The van der Waals surface area contributed by atoms with E-state index in [0.29, 0.717) is 25.9 Å². The number of hydrogen-bond acceptors (Lipinski definition) is 3. The molecule has 3 N–H and O–H groups in total. The number of carbonyl (C=O) groups is 2. The summed E-state index contributed by atoms with van der Waals surface area (Å²) in [5.74, 6) is 0.0331. The van der Waals surface area contributed by atoms with Gasteiger partial charge < -0.3 is 16.0 Å². The van der Waals surface area contributed by atoms with E-state index in [2.05, 4.69) is 5.32 Å². The minimum absolute atomic E-state index is 0.0331. The van der Waals surface area contributed by atoms with Gasteiger partial charge in [0.2, 0.25) is 5.91 Å². The summed E-state index contributed by atoms with van der Waals surface area (Å²) in [4.78, 5) is 24.9. The van der Waals surface area contributed by atoms with Gasteiger partial charge in [0, 0.05) is 24.9 Å². The maximum Gasteiger partial charge on any atom is 0.312 e. The van der Waals surface area contributed by atoms with Gasteiger partial charge >= 0.3 is 6.03 Å². The molecule has 0 aliphatic rings. The number of halogens is 1. The van der Waals surface area contributed by atoms with Gasteiger partial charge in [-0.1, -0.05) is 11.6 Å². The van der Waals surface area contributed by atoms with Crippen molar-refractivity contribution in [2.45, 2.75) is 19.4 Å². The second-order valence-electron chi connectivity index (χ2n) is 3.85. The summed E-state index contributed by atoms with van der Waals surface area (Å²) in [6, 6.07) is 3.16. The van der Waals surface area contributed by atoms with Crippen LogP contribution < -0.4 is 11.1 Å². The molecule has 0 atom stereocenters. The molecule has 3 amide bonds. The van der Waals surface area contributed by atoms with Crippen LogP contribution in [0.4, 0.5) is 4.79 Å². The second-order valence-corrected chi connectivity index (χ2v) is 5.65. The molecule has 1 aromatic heterocycles. The standard InChI is InChI=1S/C11H16ClN3O2S/c1-15(7-8-4-5-9(12)18-8)10(16)3-2-6-14-11(13)17/h4-5H,2-3,6-7H2,1H3,(H3,13,14,17). The molecule has 1 rings (SSSR count). The minimum Gasteiger partial charge on any atom is -0.352 e. The first-order chi connectivity index (χ1) is 8.49. The van der Waals surface area contributed by atoms with Crippen LogP contribution in [0.3, 0.4) is 0 Å². The molecule has 0 spiro atoms. The quantitative estimate of drug-likeness (QED) is 0.784. The Hall–Kier alpha value is -1.27. The van der Waals surface area contributed by atoms with E-state index in [0.717, 1.165) is 9.21 Å². The van der Waals surface area contributed by atoms with E-state index in [1.54, 1.807) is 11.9 Å². The highest BCUT2D eigenvalue weighted by Gasteiger charge is 2.10. The Morgan fingerprint density at radius 3 is 2.78 bits per heavy atom. The summed E-state index contributed by atoms with van der Waals surface area (Å²) in [6.45, 7) is 0.971. The molecule has 0 unspecified atom stereocenters. The number of amides is 3. The summed E-state index contributed by atoms with van der Waals surface area (Å²) in [6.07, 6.45) is 0.965. The molecule has 0 radical (unpaired) electrons. The number of rotatable bonds is 6. The van der Waals surface area contributed by atoms with E-state index in [-0.39, 0.29) is 5.91 Å². The Morgan fingerprint density at radius 1 is 1.50 bits per heavy atom. The first kappa shape index (κ1) is 14.8. The maximum absolute atomic E-state index is 11.8. The monoisotopic (exact) mass is 289 g/mol. The van der Waals surface area contributed by atoms with Crippen LogP contribution in [-0.2, 0) is 11.3 Å². The Morgan fingerprint density at radius 2 is 2.22 bits per heavy atom. The van der Waals surface area contributed by atoms with E-state index in [4.69, 9.17) is 17.3 Å². The van der Waals surface area contributed by atoms with Gasteiger partial charge in [-0.3, -0.25) is 4.79 Å². The van der Waals surface area contributed by atoms with Gasteiger partial charge in [-0.25, -0.2) is 4.79 Å². The molecule has 1 heterocycles. The highest BCUT2D eigenvalue weighted by Crippen LogP contribution is 2.22. The highest BCUT2D eigenvalue weighted by atomic mass is 35.5. The summed E-state index contributed by atoms with van der Waals surface area (Å²) >= 11 is 7.28. The van der Waals surface area contributed by atoms with E-state index in [1.165, 1.54) is 11.3 Å². The number of nitrogens with one attached hydrogen (secondary N) is 1. The number of hydrogen-bond donors (Lipinski definition) is 2. The van der Waals surface area contributed by atoms with Crippen molar-refractivity contribution >= 4 is 34.9 Å². The molecule has 0 fully saturated rings. The summed E-state index contributed by atoms with van der Waals surface area (Å²) in [5.41, 5.74) is 4.92. The van der Waals surface area contributed by atoms with Crippen molar-refractivity contribution < 1.29 is 9.59 Å². The van der Waals surface area contributed by atoms with Gasteiger partial charge in [-0.05, 0) is 18.6 Å². The summed E-state index contributed by atoms with van der Waals surface area (Å²) < 4.78 is 0.719. The van der Waals surface area contributed by atoms with Crippen LogP contribution in [0, 0.1) is 0 Å². The Balaban J connectivity index is 2.26. The molecule has 7 heteroatoms. The van der Waals surface area contributed by atoms with Crippen LogP contribution in [0.2, 0.25) is 4.34 Å². The van der Waals surface area contributed by atoms with Crippen molar-refractivity contribution in [2.75, 3.05) is 13.6 Å². The molecule has 100 valence electrons. The average Bonchev–Trinajstić information content (AvgIpc) is 2.69. The smallest absolute Gasteiger partial charge is 0.312 e. The zero-order valence-corrected chi connectivity index (χ0v) is 11.7. The third-order valence-electron chi connectivity index (χ3n) is 2.31. The van der Waals surface area contributed by atoms with Crippen molar-refractivity contribution in [1.29, 1.82) is 0 Å². The molecule has 0 aliphatic carbocycles. The van der Waals surface area contributed by atoms with Gasteiger partial charge in [-0.15, -0.1) is 11.3 Å². The van der Waals surface area contributed by atoms with E-state index in [1.807, 2.05) is 12.1 Å². The van der Waals surface area contributed by atoms with E-state index in [9.17, 15) is 9.59 Å². The van der Waals surface area contributed by atoms with Crippen LogP contribution in [0.15, 0.2) is 12.1 Å². The SMILES string of the molecule is CN(Cc1ccc(Cl)s1)C(=O)CCCNC(N)=O. The number of primary amides is 1. The van der Waals surface area contributed by atoms with Crippen molar-refractivity contribution in [2.24, 2.45) is 5.73 Å². The van der Waals surface area contributed by atoms with Gasteiger partial charge in [0.15, 0.2) is 0 Å². The molecule has 18 heavy (non-hydrogen) atoms. The number of carbonyl (C=O) groups excluding carboxylic acids is 2. The van der Waals surface area contributed by atoms with Crippen LogP contribution in [0.1, 0.15) is 17.7 Å². The van der Waals surface area contributed by atoms with Gasteiger partial charge in [0.25, 0.3) is 0 Å². The molecule has 5 nitrogen and oxygen atoms in total. The van der Waals surface area contributed by atoms with Gasteiger partial charge in [-0.2, -0.15) is 0 Å². The third kappa shape index (κ3) is 5.37. The number of thiophene rings is 1. The van der Waals surface area contributed by atoms with E-state index >= 15 is 0 Å². The van der Waals surface area contributed by atoms with E-state index < -0.39 is 6.03 Å². The van der Waals surface area contributed by atoms with Crippen molar-refractivity contribution in [1.82, 2.24) is 10.2 Å². The highest BCUT2D eigenvalue weighted by molar-refractivity contribution is 7.16. The molecule has 0 saturated heterocycles. The molecule has 0 aliphatic heterocycles. The third-order valence-corrected chi connectivity index (χ3v) is 3.53. The van der Waals surface area contributed by atoms with Crippen LogP contribution in [0.5, 0.6) is 0 Å². The van der Waals surface area contributed by atoms with Crippen molar-refractivity contribution in [3.05, 3.63) is 21.3 Å². The fourth-order valence-corrected chi connectivity index (χ4v) is 2.54. The lowest BCUT2D eigenvalue weighted by atomic mass is 10.2. The number of nitrogens with zero attached hydrogens (tertiary/aromatic N) is 1. The topological polar surface area (TPSA) is 75.4 Å². The predicted molar refractivity (Wildman–Crippen MR) is 72.6 cm³/mol. The fraction of sp³-hybridized carbons (Fsp3) is 0.455. The van der Waals surface area contributed by atoms with Gasteiger partial charge in [0.1, 0.15) is 0 Å². The van der Waals surface area contributed by atoms with Crippen molar-refractivity contribution in [3.63, 3.8) is 0 Å². The zero-order chi connectivity index (χ0) is 13.5. The predicted octanol–water partition coefficient (Wildman–Crippen LogP) is 1.81. The molecule has 0 saturated carbocycles. The average molecular weight is 290 g/mol. The Labute approximate surface area is 115 Å². The normalized spacial score (nSPS) is 10.1. The van der Waals surface area contributed by atoms with Crippen LogP contribution >= 0.6 is 22.9 Å². The maximum atomic E-state index is 11.8. The minimum atomic E-state index is -0.566. The second kappa shape index (κ2) is 7.23. The molecular weight excluding hydrogens is 274 g/mol. The van der Waals surface area contributed by atoms with Crippen LogP contribution in [-0.4, -0.2) is 30.4 Å². The Bertz CT molecular complexity index is 422. The van der Waals surface area contributed by atoms with Crippen LogP contribution in [0.25, 0.3) is 0 Å². The molecular formula is C11H16ClN3O2S. The van der Waals surface area contributed by atoms with Gasteiger partial charge in [0.05, 0.1) is 10.9 Å². The largest absolute Gasteiger partial charge is 0.352 e.